The minimum Gasteiger partial charge on any atom is -0.462 e. The molecule has 6 heteroatoms. The zero-order chi connectivity index (χ0) is 18.2. The van der Waals surface area contributed by atoms with Gasteiger partial charge in [-0.2, -0.15) is 0 Å². The third-order valence-electron chi connectivity index (χ3n) is 3.41. The Kier molecular flexibility index (Phi) is 7.52. The molecule has 0 atom stereocenters. The lowest BCUT2D eigenvalue weighted by atomic mass is 10.1. The van der Waals surface area contributed by atoms with Gasteiger partial charge in [0.2, 0.25) is 5.91 Å². The first-order valence-electron chi connectivity index (χ1n) is 8.23. The fourth-order valence-corrected chi connectivity index (χ4v) is 4.00. The van der Waals surface area contributed by atoms with Crippen LogP contribution in [-0.2, 0) is 15.3 Å². The second-order valence-corrected chi connectivity index (χ2v) is 7.86. The number of amides is 1. The molecular weight excluding hydrogens is 354 g/mol. The molecule has 0 aliphatic carbocycles. The number of anilines is 1. The first kappa shape index (κ1) is 19.5. The summed E-state index contributed by atoms with van der Waals surface area (Å²) >= 11 is 2.99. The second-order valence-electron chi connectivity index (χ2n) is 5.79. The van der Waals surface area contributed by atoms with Crippen LogP contribution in [0.4, 0.5) is 5.00 Å². The lowest BCUT2D eigenvalue weighted by Crippen LogP contribution is -2.16. The summed E-state index contributed by atoms with van der Waals surface area (Å²) in [7, 11) is 0. The van der Waals surface area contributed by atoms with Crippen LogP contribution in [-0.4, -0.2) is 24.2 Å². The summed E-state index contributed by atoms with van der Waals surface area (Å²) in [5.74, 6) is 0.907. The van der Waals surface area contributed by atoms with Crippen LogP contribution in [0.5, 0.6) is 0 Å². The molecule has 25 heavy (non-hydrogen) atoms. The standard InChI is InChI=1S/C19H23NO3S2/c1-4-23-19(22)15-10-16(13(2)3)25-18(15)20-17(21)12-24-11-14-8-6-5-7-9-14/h5-10,13H,4,11-12H2,1-3H3,(H,20,21). The minimum absolute atomic E-state index is 0.108. The number of carbonyl (C=O) groups is 2. The van der Waals surface area contributed by atoms with Gasteiger partial charge in [0.15, 0.2) is 0 Å². The van der Waals surface area contributed by atoms with Gasteiger partial charge in [-0.1, -0.05) is 44.2 Å². The number of nitrogens with one attached hydrogen (secondary N) is 1. The largest absolute Gasteiger partial charge is 0.462 e. The fourth-order valence-electron chi connectivity index (χ4n) is 2.15. The van der Waals surface area contributed by atoms with Gasteiger partial charge in [0.1, 0.15) is 5.00 Å². The van der Waals surface area contributed by atoms with E-state index < -0.39 is 5.97 Å². The SMILES string of the molecule is CCOC(=O)c1cc(C(C)C)sc1NC(=O)CSCc1ccccc1. The van der Waals surface area contributed by atoms with E-state index in [0.717, 1.165) is 10.6 Å². The third kappa shape index (κ3) is 5.90. The molecule has 1 aromatic carbocycles. The summed E-state index contributed by atoms with van der Waals surface area (Å²) in [5.41, 5.74) is 1.63. The van der Waals surface area contributed by atoms with Crippen LogP contribution in [0.2, 0.25) is 0 Å². The van der Waals surface area contributed by atoms with E-state index in [1.165, 1.54) is 16.9 Å². The van der Waals surface area contributed by atoms with Crippen molar-refractivity contribution in [2.24, 2.45) is 0 Å². The van der Waals surface area contributed by atoms with Gasteiger partial charge < -0.3 is 10.1 Å². The van der Waals surface area contributed by atoms with Crippen molar-refractivity contribution < 1.29 is 14.3 Å². The maximum Gasteiger partial charge on any atom is 0.341 e. The van der Waals surface area contributed by atoms with E-state index in [0.29, 0.717) is 22.9 Å². The molecule has 1 heterocycles. The highest BCUT2D eigenvalue weighted by Gasteiger charge is 2.20. The monoisotopic (exact) mass is 377 g/mol. The Balaban J connectivity index is 1.97. The number of ether oxygens (including phenoxy) is 1. The number of benzene rings is 1. The molecule has 0 aliphatic rings. The molecule has 0 unspecified atom stereocenters. The number of rotatable bonds is 8. The normalized spacial score (nSPS) is 10.7. The van der Waals surface area contributed by atoms with Crippen LogP contribution in [0.1, 0.15) is 47.5 Å². The van der Waals surface area contributed by atoms with Crippen molar-refractivity contribution in [2.75, 3.05) is 17.7 Å². The molecule has 0 bridgehead atoms. The molecule has 0 saturated carbocycles. The van der Waals surface area contributed by atoms with Crippen molar-refractivity contribution in [3.05, 3.63) is 52.4 Å². The average Bonchev–Trinajstić information content (AvgIpc) is 3.00. The highest BCUT2D eigenvalue weighted by atomic mass is 32.2. The smallest absolute Gasteiger partial charge is 0.341 e. The molecule has 1 aromatic heterocycles. The van der Waals surface area contributed by atoms with Crippen LogP contribution in [0.15, 0.2) is 36.4 Å². The van der Waals surface area contributed by atoms with Gasteiger partial charge in [0, 0.05) is 10.6 Å². The van der Waals surface area contributed by atoms with E-state index >= 15 is 0 Å². The van der Waals surface area contributed by atoms with Crippen LogP contribution in [0.25, 0.3) is 0 Å². The van der Waals surface area contributed by atoms with Gasteiger partial charge in [0.25, 0.3) is 0 Å². The lowest BCUT2D eigenvalue weighted by molar-refractivity contribution is -0.113. The van der Waals surface area contributed by atoms with Gasteiger partial charge in [-0.3, -0.25) is 4.79 Å². The van der Waals surface area contributed by atoms with E-state index in [4.69, 9.17) is 4.74 Å². The van der Waals surface area contributed by atoms with Crippen molar-refractivity contribution in [1.29, 1.82) is 0 Å². The molecule has 4 nitrogen and oxygen atoms in total. The predicted molar refractivity (Wildman–Crippen MR) is 106 cm³/mol. The summed E-state index contributed by atoms with van der Waals surface area (Å²) in [4.78, 5) is 25.4. The van der Waals surface area contributed by atoms with Crippen molar-refractivity contribution in [2.45, 2.75) is 32.4 Å². The van der Waals surface area contributed by atoms with E-state index in [2.05, 4.69) is 19.2 Å². The summed E-state index contributed by atoms with van der Waals surface area (Å²) in [6.45, 7) is 6.20. The zero-order valence-electron chi connectivity index (χ0n) is 14.7. The molecule has 134 valence electrons. The highest BCUT2D eigenvalue weighted by Crippen LogP contribution is 2.33. The first-order chi connectivity index (χ1) is 12.0. The van der Waals surface area contributed by atoms with E-state index in [9.17, 15) is 9.59 Å². The van der Waals surface area contributed by atoms with Gasteiger partial charge in [0.05, 0.1) is 17.9 Å². The number of thioether (sulfide) groups is 1. The maximum absolute atomic E-state index is 12.2. The van der Waals surface area contributed by atoms with Gasteiger partial charge in [-0.15, -0.1) is 23.1 Å². The lowest BCUT2D eigenvalue weighted by Gasteiger charge is -2.06. The van der Waals surface area contributed by atoms with E-state index in [1.807, 2.05) is 36.4 Å². The Morgan fingerprint density at radius 3 is 2.60 bits per heavy atom. The summed E-state index contributed by atoms with van der Waals surface area (Å²) in [6.07, 6.45) is 0. The first-order valence-corrected chi connectivity index (χ1v) is 10.2. The summed E-state index contributed by atoms with van der Waals surface area (Å²) in [6, 6.07) is 11.8. The van der Waals surface area contributed by atoms with Crippen molar-refractivity contribution in [3.8, 4) is 0 Å². The molecule has 0 saturated heterocycles. The number of carbonyl (C=O) groups excluding carboxylic acids is 2. The molecule has 1 amide bonds. The van der Waals surface area contributed by atoms with E-state index in [1.54, 1.807) is 18.7 Å². The number of hydrogen-bond acceptors (Lipinski definition) is 5. The number of hydrogen-bond donors (Lipinski definition) is 1. The summed E-state index contributed by atoms with van der Waals surface area (Å²) in [5, 5.41) is 3.45. The van der Waals surface area contributed by atoms with E-state index in [-0.39, 0.29) is 11.8 Å². The van der Waals surface area contributed by atoms with Crippen LogP contribution in [0.3, 0.4) is 0 Å². The zero-order valence-corrected chi connectivity index (χ0v) is 16.3. The molecular formula is C19H23NO3S2. The highest BCUT2D eigenvalue weighted by molar-refractivity contribution is 7.99. The predicted octanol–water partition coefficient (Wildman–Crippen LogP) is 4.92. The van der Waals surface area contributed by atoms with Gasteiger partial charge in [-0.25, -0.2) is 4.79 Å². The van der Waals surface area contributed by atoms with Crippen molar-refractivity contribution >= 4 is 40.0 Å². The minimum atomic E-state index is -0.391. The van der Waals surface area contributed by atoms with Crippen LogP contribution < -0.4 is 5.32 Å². The molecule has 0 fully saturated rings. The summed E-state index contributed by atoms with van der Waals surface area (Å²) < 4.78 is 5.09. The molecule has 2 rings (SSSR count). The van der Waals surface area contributed by atoms with Crippen LogP contribution in [0, 0.1) is 0 Å². The Hall–Kier alpha value is -1.79. The average molecular weight is 378 g/mol. The quantitative estimate of drug-likeness (QED) is 0.664. The van der Waals surface area contributed by atoms with Crippen LogP contribution >= 0.6 is 23.1 Å². The Bertz CT molecular complexity index is 711. The van der Waals surface area contributed by atoms with Gasteiger partial charge in [-0.05, 0) is 24.5 Å². The topological polar surface area (TPSA) is 55.4 Å². The number of esters is 1. The third-order valence-corrected chi connectivity index (χ3v) is 5.77. The molecule has 1 N–H and O–H groups in total. The Morgan fingerprint density at radius 2 is 1.96 bits per heavy atom. The number of thiophene rings is 1. The second kappa shape index (κ2) is 9.63. The maximum atomic E-state index is 12.2. The van der Waals surface area contributed by atoms with Crippen molar-refractivity contribution in [3.63, 3.8) is 0 Å². The molecule has 0 aliphatic heterocycles. The van der Waals surface area contributed by atoms with Crippen molar-refractivity contribution in [1.82, 2.24) is 0 Å². The van der Waals surface area contributed by atoms with Gasteiger partial charge >= 0.3 is 5.97 Å². The molecule has 0 spiro atoms. The Morgan fingerprint density at radius 1 is 1.24 bits per heavy atom. The fraction of sp³-hybridized carbons (Fsp3) is 0.368. The molecule has 2 aromatic rings. The Labute approximate surface area is 157 Å². The molecule has 0 radical (unpaired) electrons.